The number of nitrogens with zero attached hydrogens (tertiary/aromatic N) is 3. The summed E-state index contributed by atoms with van der Waals surface area (Å²) in [6.45, 7) is 4.17. The predicted octanol–water partition coefficient (Wildman–Crippen LogP) is 2.09. The highest BCUT2D eigenvalue weighted by molar-refractivity contribution is 9.09. The first-order valence-corrected chi connectivity index (χ1v) is 5.57. The van der Waals surface area contributed by atoms with Gasteiger partial charge in [0.05, 0.1) is 0 Å². The van der Waals surface area contributed by atoms with Gasteiger partial charge in [0.15, 0.2) is 0 Å². The Bertz CT molecular complexity index is 228. The number of anilines is 1. The number of hydrogen-bond donors (Lipinski definition) is 0. The second-order valence-corrected chi connectivity index (χ2v) is 3.48. The Morgan fingerprint density at radius 2 is 2.38 bits per heavy atom. The van der Waals surface area contributed by atoms with Gasteiger partial charge in [-0.25, -0.2) is 9.97 Å². The van der Waals surface area contributed by atoms with Gasteiger partial charge in [-0.05, 0) is 19.4 Å². The molecule has 3 nitrogen and oxygen atoms in total. The lowest BCUT2D eigenvalue weighted by molar-refractivity contribution is 0.783. The third-order valence-corrected chi connectivity index (χ3v) is 2.39. The van der Waals surface area contributed by atoms with Crippen LogP contribution in [0.2, 0.25) is 0 Å². The highest BCUT2D eigenvalue weighted by atomic mass is 79.9. The van der Waals surface area contributed by atoms with E-state index in [0.29, 0.717) is 0 Å². The zero-order valence-electron chi connectivity index (χ0n) is 7.78. The van der Waals surface area contributed by atoms with E-state index in [1.807, 2.05) is 6.07 Å². The highest BCUT2D eigenvalue weighted by Gasteiger charge is 2.03. The number of alkyl halides is 1. The van der Waals surface area contributed by atoms with E-state index in [1.165, 1.54) is 0 Å². The van der Waals surface area contributed by atoms with Crippen LogP contribution in [0, 0.1) is 0 Å². The van der Waals surface area contributed by atoms with Crippen LogP contribution < -0.4 is 4.90 Å². The molecule has 4 heteroatoms. The van der Waals surface area contributed by atoms with Gasteiger partial charge in [0.2, 0.25) is 0 Å². The minimum atomic E-state index is 0.990. The van der Waals surface area contributed by atoms with E-state index in [-0.39, 0.29) is 0 Å². The summed E-state index contributed by atoms with van der Waals surface area (Å²) in [4.78, 5) is 10.3. The van der Waals surface area contributed by atoms with E-state index in [9.17, 15) is 0 Å². The third kappa shape index (κ3) is 3.30. The minimum Gasteiger partial charge on any atom is -0.357 e. The second kappa shape index (κ2) is 5.91. The quantitative estimate of drug-likeness (QED) is 0.742. The summed E-state index contributed by atoms with van der Waals surface area (Å²) in [7, 11) is 0. The van der Waals surface area contributed by atoms with Gasteiger partial charge >= 0.3 is 0 Å². The number of halogens is 1. The average Bonchev–Trinajstić information content (AvgIpc) is 2.21. The van der Waals surface area contributed by atoms with Crippen LogP contribution >= 0.6 is 15.9 Å². The van der Waals surface area contributed by atoms with Gasteiger partial charge in [-0.2, -0.15) is 0 Å². The Balaban J connectivity index is 2.56. The molecule has 72 valence electrons. The van der Waals surface area contributed by atoms with E-state index in [2.05, 4.69) is 37.7 Å². The molecular formula is C9H14BrN3. The first-order valence-electron chi connectivity index (χ1n) is 4.45. The molecule has 0 bridgehead atoms. The van der Waals surface area contributed by atoms with E-state index in [1.54, 1.807) is 12.5 Å². The normalized spacial score (nSPS) is 10.0. The molecule has 0 amide bonds. The molecule has 0 aromatic carbocycles. The van der Waals surface area contributed by atoms with Crippen molar-refractivity contribution < 1.29 is 0 Å². The molecular weight excluding hydrogens is 230 g/mol. The van der Waals surface area contributed by atoms with E-state index >= 15 is 0 Å². The van der Waals surface area contributed by atoms with Crippen molar-refractivity contribution >= 4 is 21.7 Å². The molecule has 0 aliphatic rings. The van der Waals surface area contributed by atoms with Crippen LogP contribution in [-0.4, -0.2) is 28.4 Å². The Morgan fingerprint density at radius 1 is 1.54 bits per heavy atom. The van der Waals surface area contributed by atoms with Crippen LogP contribution in [0.3, 0.4) is 0 Å². The van der Waals surface area contributed by atoms with Crippen molar-refractivity contribution in [3.63, 3.8) is 0 Å². The van der Waals surface area contributed by atoms with Crippen molar-refractivity contribution in [2.45, 2.75) is 13.3 Å². The maximum absolute atomic E-state index is 4.20. The van der Waals surface area contributed by atoms with Crippen molar-refractivity contribution in [3.05, 3.63) is 18.6 Å². The highest BCUT2D eigenvalue weighted by Crippen LogP contribution is 2.08. The maximum Gasteiger partial charge on any atom is 0.131 e. The number of aromatic nitrogens is 2. The molecule has 0 aliphatic heterocycles. The van der Waals surface area contributed by atoms with Crippen LogP contribution in [0.15, 0.2) is 18.6 Å². The van der Waals surface area contributed by atoms with Gasteiger partial charge in [0, 0.05) is 24.6 Å². The molecule has 0 spiro atoms. The molecule has 1 aromatic rings. The number of rotatable bonds is 5. The first kappa shape index (κ1) is 10.4. The fourth-order valence-corrected chi connectivity index (χ4v) is 1.41. The largest absolute Gasteiger partial charge is 0.357 e. The summed E-state index contributed by atoms with van der Waals surface area (Å²) < 4.78 is 0. The molecule has 0 atom stereocenters. The molecule has 1 heterocycles. The maximum atomic E-state index is 4.20. The summed E-state index contributed by atoms with van der Waals surface area (Å²) >= 11 is 3.42. The summed E-state index contributed by atoms with van der Waals surface area (Å²) in [6.07, 6.45) is 4.50. The van der Waals surface area contributed by atoms with Crippen LogP contribution in [-0.2, 0) is 0 Å². The van der Waals surface area contributed by atoms with Crippen molar-refractivity contribution in [1.82, 2.24) is 9.97 Å². The van der Waals surface area contributed by atoms with Gasteiger partial charge in [-0.3, -0.25) is 0 Å². The molecule has 0 saturated heterocycles. The van der Waals surface area contributed by atoms with Gasteiger partial charge < -0.3 is 4.90 Å². The average molecular weight is 244 g/mol. The molecule has 0 aliphatic carbocycles. The van der Waals surface area contributed by atoms with Crippen LogP contribution in [0.5, 0.6) is 0 Å². The molecule has 0 unspecified atom stereocenters. The summed E-state index contributed by atoms with van der Waals surface area (Å²) in [6, 6.07) is 1.94. The SMILES string of the molecule is CCN(CCCBr)c1ccncn1. The minimum absolute atomic E-state index is 0.990. The van der Waals surface area contributed by atoms with Crippen LogP contribution in [0.1, 0.15) is 13.3 Å². The Kier molecular flexibility index (Phi) is 4.75. The molecule has 0 fully saturated rings. The van der Waals surface area contributed by atoms with E-state index < -0.39 is 0 Å². The lowest BCUT2D eigenvalue weighted by Crippen LogP contribution is -2.25. The van der Waals surface area contributed by atoms with Gasteiger partial charge in [0.1, 0.15) is 12.1 Å². The lowest BCUT2D eigenvalue weighted by atomic mass is 10.4. The standard InChI is InChI=1S/C9H14BrN3/c1-2-13(7-3-5-10)9-4-6-11-8-12-9/h4,6,8H,2-3,5,7H2,1H3. The first-order chi connectivity index (χ1) is 6.38. The van der Waals surface area contributed by atoms with Crippen LogP contribution in [0.4, 0.5) is 5.82 Å². The Labute approximate surface area is 87.3 Å². The second-order valence-electron chi connectivity index (χ2n) is 2.69. The molecule has 0 N–H and O–H groups in total. The summed E-state index contributed by atoms with van der Waals surface area (Å²) in [5.41, 5.74) is 0. The fourth-order valence-electron chi connectivity index (χ4n) is 1.16. The summed E-state index contributed by atoms with van der Waals surface area (Å²) in [5, 5.41) is 1.04. The lowest BCUT2D eigenvalue weighted by Gasteiger charge is -2.20. The van der Waals surface area contributed by atoms with Crippen molar-refractivity contribution in [2.75, 3.05) is 23.3 Å². The molecule has 0 radical (unpaired) electrons. The Hall–Kier alpha value is -0.640. The van der Waals surface area contributed by atoms with Gasteiger partial charge in [-0.1, -0.05) is 15.9 Å². The van der Waals surface area contributed by atoms with Crippen molar-refractivity contribution in [1.29, 1.82) is 0 Å². The molecule has 1 rings (SSSR count). The summed E-state index contributed by atoms with van der Waals surface area (Å²) in [5.74, 6) is 1.01. The predicted molar refractivity (Wildman–Crippen MR) is 58.3 cm³/mol. The smallest absolute Gasteiger partial charge is 0.131 e. The van der Waals surface area contributed by atoms with Gasteiger partial charge in [-0.15, -0.1) is 0 Å². The van der Waals surface area contributed by atoms with Crippen molar-refractivity contribution in [3.8, 4) is 0 Å². The Morgan fingerprint density at radius 3 is 2.92 bits per heavy atom. The molecule has 1 aromatic heterocycles. The molecule has 0 saturated carbocycles. The molecule has 13 heavy (non-hydrogen) atoms. The number of hydrogen-bond acceptors (Lipinski definition) is 3. The third-order valence-electron chi connectivity index (χ3n) is 1.83. The monoisotopic (exact) mass is 243 g/mol. The fraction of sp³-hybridized carbons (Fsp3) is 0.556. The topological polar surface area (TPSA) is 29.0 Å². The zero-order valence-corrected chi connectivity index (χ0v) is 9.37. The van der Waals surface area contributed by atoms with E-state index in [0.717, 1.165) is 30.7 Å². The van der Waals surface area contributed by atoms with Gasteiger partial charge in [0.25, 0.3) is 0 Å². The van der Waals surface area contributed by atoms with E-state index in [4.69, 9.17) is 0 Å². The zero-order chi connectivity index (χ0) is 9.52. The van der Waals surface area contributed by atoms with Crippen molar-refractivity contribution in [2.24, 2.45) is 0 Å². The van der Waals surface area contributed by atoms with Crippen LogP contribution in [0.25, 0.3) is 0 Å².